The zero-order valence-electron chi connectivity index (χ0n) is 14.9. The van der Waals surface area contributed by atoms with Crippen LogP contribution in [0.4, 0.5) is 8.78 Å². The smallest absolute Gasteiger partial charge is 0.230 e. The first kappa shape index (κ1) is 20.7. The number of amides is 1. The molecule has 2 heterocycles. The minimum atomic E-state index is -0.856. The van der Waals surface area contributed by atoms with Crippen LogP contribution in [0.15, 0.2) is 27.9 Å². The number of hydrogen-bond acceptors (Lipinski definition) is 7. The number of hydrogen-bond donors (Lipinski definition) is 1. The molecule has 1 N–H and O–H groups in total. The molecule has 0 saturated carbocycles. The fourth-order valence-electron chi connectivity index (χ4n) is 2.72. The minimum absolute atomic E-state index is 0.139. The van der Waals surface area contributed by atoms with Crippen LogP contribution in [0.5, 0.6) is 0 Å². The number of thiazole rings is 1. The van der Waals surface area contributed by atoms with E-state index in [1.807, 2.05) is 6.07 Å². The van der Waals surface area contributed by atoms with Crippen LogP contribution >= 0.6 is 23.1 Å². The zero-order valence-corrected chi connectivity index (χ0v) is 16.5. The van der Waals surface area contributed by atoms with E-state index in [0.717, 1.165) is 6.07 Å². The summed E-state index contributed by atoms with van der Waals surface area (Å²) in [5, 5.41) is 13.2. The lowest BCUT2D eigenvalue weighted by Crippen LogP contribution is -2.47. The van der Waals surface area contributed by atoms with Crippen molar-refractivity contribution in [3.63, 3.8) is 0 Å². The van der Waals surface area contributed by atoms with Crippen molar-refractivity contribution in [2.45, 2.75) is 17.0 Å². The van der Waals surface area contributed by atoms with Crippen LogP contribution in [-0.2, 0) is 16.1 Å². The minimum Gasteiger partial charge on any atom is -0.374 e. The Hall–Kier alpha value is -2.06. The van der Waals surface area contributed by atoms with Crippen LogP contribution in [0.3, 0.4) is 0 Å². The number of benzene rings is 1. The molecule has 10 heteroatoms. The summed E-state index contributed by atoms with van der Waals surface area (Å²) in [5.41, 5.74) is 1.05. The number of morpholine rings is 1. The monoisotopic (exact) mass is 424 g/mol. The normalized spacial score (nSPS) is 17.2. The van der Waals surface area contributed by atoms with Gasteiger partial charge in [0.25, 0.3) is 0 Å². The number of ether oxygens (including phenoxy) is 1. The molecule has 6 nitrogen and oxygen atoms in total. The molecule has 0 radical (unpaired) electrons. The van der Waals surface area contributed by atoms with Crippen LogP contribution in [0.2, 0.25) is 0 Å². The number of thioether (sulfide) groups is 1. The third kappa shape index (κ3) is 5.97. The van der Waals surface area contributed by atoms with E-state index >= 15 is 0 Å². The number of carbonyl (C=O) groups is 1. The Morgan fingerprint density at radius 2 is 2.32 bits per heavy atom. The fraction of sp³-hybridized carbons (Fsp3) is 0.389. The molecular formula is C18H18F2N4O2S2. The molecule has 1 aromatic carbocycles. The maximum Gasteiger partial charge on any atom is 0.230 e. The Morgan fingerprint density at radius 1 is 1.46 bits per heavy atom. The van der Waals surface area contributed by atoms with Crippen LogP contribution in [0.1, 0.15) is 11.3 Å². The molecule has 3 rings (SSSR count). The molecule has 0 bridgehead atoms. The molecular weight excluding hydrogens is 406 g/mol. The maximum absolute atomic E-state index is 13.3. The molecule has 0 aliphatic carbocycles. The van der Waals surface area contributed by atoms with E-state index in [4.69, 9.17) is 10.00 Å². The summed E-state index contributed by atoms with van der Waals surface area (Å²) in [6.45, 7) is 2.64. The maximum atomic E-state index is 13.3. The van der Waals surface area contributed by atoms with Crippen LogP contribution in [-0.4, -0.2) is 53.9 Å². The zero-order chi connectivity index (χ0) is 19.9. The molecule has 28 heavy (non-hydrogen) atoms. The lowest BCUT2D eigenvalue weighted by molar-refractivity contribution is -0.119. The van der Waals surface area contributed by atoms with Crippen molar-refractivity contribution < 1.29 is 18.3 Å². The Kier molecular flexibility index (Phi) is 7.33. The van der Waals surface area contributed by atoms with E-state index in [-0.39, 0.29) is 17.8 Å². The van der Waals surface area contributed by atoms with Gasteiger partial charge in [0.05, 0.1) is 18.5 Å². The van der Waals surface area contributed by atoms with Crippen molar-refractivity contribution in [2.24, 2.45) is 0 Å². The Bertz CT molecular complexity index is 872. The van der Waals surface area contributed by atoms with Crippen LogP contribution in [0, 0.1) is 23.0 Å². The van der Waals surface area contributed by atoms with Gasteiger partial charge in [-0.05, 0) is 17.7 Å². The third-order valence-corrected chi connectivity index (χ3v) is 6.09. The molecule has 1 amide bonds. The Morgan fingerprint density at radius 3 is 3.07 bits per heavy atom. The summed E-state index contributed by atoms with van der Waals surface area (Å²) < 4.78 is 32.7. The second kappa shape index (κ2) is 9.93. The van der Waals surface area contributed by atoms with Gasteiger partial charge in [0.1, 0.15) is 6.07 Å². The second-order valence-corrected chi connectivity index (χ2v) is 8.26. The molecule has 2 aromatic rings. The molecule has 1 aliphatic rings. The molecule has 0 spiro atoms. The van der Waals surface area contributed by atoms with Crippen LogP contribution in [0.25, 0.3) is 0 Å². The highest BCUT2D eigenvalue weighted by molar-refractivity contribution is 8.01. The van der Waals surface area contributed by atoms with Gasteiger partial charge in [-0.15, -0.1) is 11.3 Å². The van der Waals surface area contributed by atoms with Crippen molar-refractivity contribution in [2.75, 3.05) is 32.0 Å². The number of halogens is 2. The van der Waals surface area contributed by atoms with Gasteiger partial charge >= 0.3 is 0 Å². The topological polar surface area (TPSA) is 78.2 Å². The van der Waals surface area contributed by atoms with Gasteiger partial charge in [-0.3, -0.25) is 9.69 Å². The van der Waals surface area contributed by atoms with Gasteiger partial charge in [0.2, 0.25) is 5.91 Å². The highest BCUT2D eigenvalue weighted by atomic mass is 32.2. The van der Waals surface area contributed by atoms with Crippen molar-refractivity contribution in [1.82, 2.24) is 15.2 Å². The molecule has 1 aromatic heterocycles. The molecule has 1 unspecified atom stereocenters. The van der Waals surface area contributed by atoms with Crippen molar-refractivity contribution in [1.29, 1.82) is 5.26 Å². The second-order valence-electron chi connectivity index (χ2n) is 6.18. The van der Waals surface area contributed by atoms with Crippen LogP contribution < -0.4 is 5.32 Å². The lowest BCUT2D eigenvalue weighted by atomic mass is 10.1. The van der Waals surface area contributed by atoms with Gasteiger partial charge in [-0.2, -0.15) is 5.26 Å². The summed E-state index contributed by atoms with van der Waals surface area (Å²) in [4.78, 5) is 18.2. The van der Waals surface area contributed by atoms with E-state index < -0.39 is 11.6 Å². The first-order chi connectivity index (χ1) is 13.5. The van der Waals surface area contributed by atoms with Crippen molar-refractivity contribution >= 4 is 29.0 Å². The Labute approximate surface area is 169 Å². The molecule has 1 fully saturated rings. The number of nitrogens with one attached hydrogen (secondary N) is 1. The van der Waals surface area contributed by atoms with E-state index in [1.165, 1.54) is 29.2 Å². The van der Waals surface area contributed by atoms with Gasteiger partial charge in [0, 0.05) is 31.6 Å². The summed E-state index contributed by atoms with van der Waals surface area (Å²) in [6, 6.07) is 5.85. The van der Waals surface area contributed by atoms with Gasteiger partial charge in [-0.25, -0.2) is 13.8 Å². The summed E-state index contributed by atoms with van der Waals surface area (Å²) in [7, 11) is 0. The molecule has 1 saturated heterocycles. The quantitative estimate of drug-likeness (QED) is 0.688. The number of nitriles is 1. The fourth-order valence-corrected chi connectivity index (χ4v) is 4.31. The largest absolute Gasteiger partial charge is 0.374 e. The highest BCUT2D eigenvalue weighted by Crippen LogP contribution is 2.22. The Balaban J connectivity index is 1.41. The van der Waals surface area contributed by atoms with E-state index in [2.05, 4.69) is 15.2 Å². The van der Waals surface area contributed by atoms with E-state index in [9.17, 15) is 13.6 Å². The standard InChI is InChI=1S/C18H18F2N4O2S2/c19-15-2-1-12(5-16(15)20)8-24-3-4-26-14(9-24)7-22-17(25)11-28-18-23-13(6-21)10-27-18/h1-2,5,10,14H,3-4,7-9,11H2,(H,22,25). The van der Waals surface area contributed by atoms with E-state index in [0.29, 0.717) is 48.4 Å². The number of aromatic nitrogens is 1. The van der Waals surface area contributed by atoms with Gasteiger partial charge < -0.3 is 10.1 Å². The van der Waals surface area contributed by atoms with Crippen molar-refractivity contribution in [3.05, 3.63) is 46.5 Å². The summed E-state index contributed by atoms with van der Waals surface area (Å²) in [6.07, 6.45) is -0.168. The van der Waals surface area contributed by atoms with Crippen molar-refractivity contribution in [3.8, 4) is 6.07 Å². The third-order valence-electron chi connectivity index (χ3n) is 4.06. The number of rotatable bonds is 7. The molecule has 1 aliphatic heterocycles. The predicted octanol–water partition coefficient (Wildman–Crippen LogP) is 2.40. The van der Waals surface area contributed by atoms with E-state index in [1.54, 1.807) is 11.4 Å². The van der Waals surface area contributed by atoms with Gasteiger partial charge in [0.15, 0.2) is 21.7 Å². The summed E-state index contributed by atoms with van der Waals surface area (Å²) in [5.74, 6) is -1.64. The van der Waals surface area contributed by atoms with Gasteiger partial charge in [-0.1, -0.05) is 17.8 Å². The average Bonchev–Trinajstić information content (AvgIpc) is 3.16. The number of nitrogens with zero attached hydrogens (tertiary/aromatic N) is 3. The summed E-state index contributed by atoms with van der Waals surface area (Å²) >= 11 is 2.62. The predicted molar refractivity (Wildman–Crippen MR) is 102 cm³/mol. The SMILES string of the molecule is N#Cc1csc(SCC(=O)NCC2CN(Cc3ccc(F)c(F)c3)CCO2)n1. The lowest BCUT2D eigenvalue weighted by Gasteiger charge is -2.33. The molecule has 1 atom stereocenters. The average molecular weight is 424 g/mol. The molecule has 148 valence electrons. The first-order valence-corrected chi connectivity index (χ1v) is 10.4. The highest BCUT2D eigenvalue weighted by Gasteiger charge is 2.21. The first-order valence-electron chi connectivity index (χ1n) is 8.56. The number of carbonyl (C=O) groups excluding carboxylic acids is 1.